The number of nitrogens with zero attached hydrogens (tertiary/aromatic N) is 3. The molecule has 0 spiro atoms. The van der Waals surface area contributed by atoms with Gasteiger partial charge in [0.25, 0.3) is 6.71 Å². The molecule has 18 rings (SSSR count). The number of fused-ring (bicyclic) bond motifs is 12. The highest BCUT2D eigenvalue weighted by Crippen LogP contribution is 2.55. The summed E-state index contributed by atoms with van der Waals surface area (Å²) in [5.74, 6) is 2.50. The highest BCUT2D eigenvalue weighted by molar-refractivity contribution is 7.00. The van der Waals surface area contributed by atoms with E-state index in [0.29, 0.717) is 0 Å². The van der Waals surface area contributed by atoms with Crippen LogP contribution in [0.4, 0.5) is 51.2 Å². The molecule has 0 unspecified atom stereocenters. The van der Waals surface area contributed by atoms with Crippen molar-refractivity contribution in [1.82, 2.24) is 0 Å². The molecule has 3 aliphatic rings. The largest absolute Gasteiger partial charge is 0.456 e. The van der Waals surface area contributed by atoms with Crippen molar-refractivity contribution in [1.29, 1.82) is 0 Å². The monoisotopic (exact) mass is 1210 g/mol. The highest BCUT2D eigenvalue weighted by Gasteiger charge is 2.45. The van der Waals surface area contributed by atoms with Crippen LogP contribution in [-0.4, -0.2) is 6.71 Å². The predicted molar refractivity (Wildman–Crippen MR) is 393 cm³/mol. The SMILES string of the molecule is CC(C)(C)c1ccc(N2c3ccc(C(C)(C)C)cc3B3c4cc(-c5cc6ccccc6o5)ccc4N(c4ccc(-c5cc6ccccc6o5)cc4)c4cc(N(c5ccc(-c6cc7ccccc7o6)cc5)c5ccc6c(c5)C(C)(C)c5ccc7ccccc7c5-6)cc2c43)cc1. The number of hydrogen-bond acceptors (Lipinski definition) is 6. The molecule has 7 heteroatoms. The fourth-order valence-electron chi connectivity index (χ4n) is 15.4. The van der Waals surface area contributed by atoms with Gasteiger partial charge in [-0.15, -0.1) is 0 Å². The maximum Gasteiger partial charge on any atom is 0.252 e. The Bertz CT molecular complexity index is 5480. The number of hydrogen-bond donors (Lipinski definition) is 0. The fraction of sp³-hybridized carbons (Fsp3) is 0.126. The van der Waals surface area contributed by atoms with Crippen LogP contribution in [0.1, 0.15) is 77.6 Å². The Balaban J connectivity index is 0.918. The Kier molecular flexibility index (Phi) is 12.2. The molecule has 12 aromatic carbocycles. The van der Waals surface area contributed by atoms with Crippen LogP contribution in [0.2, 0.25) is 0 Å². The summed E-state index contributed by atoms with van der Waals surface area (Å²) in [4.78, 5) is 7.57. The molecule has 1 aliphatic carbocycles. The zero-order valence-corrected chi connectivity index (χ0v) is 54.0. The van der Waals surface area contributed by atoms with Gasteiger partial charge in [0, 0.05) is 83.8 Å². The van der Waals surface area contributed by atoms with Gasteiger partial charge in [0.05, 0.1) is 5.69 Å². The molecule has 94 heavy (non-hydrogen) atoms. The van der Waals surface area contributed by atoms with Crippen molar-refractivity contribution in [2.75, 3.05) is 14.7 Å². The van der Waals surface area contributed by atoms with E-state index >= 15 is 0 Å². The summed E-state index contributed by atoms with van der Waals surface area (Å²) in [6.45, 7) is 18.5. The Morgan fingerprint density at radius 1 is 0.362 bits per heavy atom. The number of anilines is 9. The summed E-state index contributed by atoms with van der Waals surface area (Å²) in [5, 5.41) is 5.76. The molecule has 0 radical (unpaired) electrons. The van der Waals surface area contributed by atoms with Crippen molar-refractivity contribution in [2.45, 2.75) is 71.6 Å². The normalized spacial score (nSPS) is 13.8. The van der Waals surface area contributed by atoms with E-state index in [-0.39, 0.29) is 23.0 Å². The van der Waals surface area contributed by atoms with Gasteiger partial charge in [0.2, 0.25) is 0 Å². The van der Waals surface area contributed by atoms with Gasteiger partial charge in [-0.3, -0.25) is 0 Å². The molecule has 0 bridgehead atoms. The summed E-state index contributed by atoms with van der Waals surface area (Å²) in [6.07, 6.45) is 0. The predicted octanol–water partition coefficient (Wildman–Crippen LogP) is 22.5. The fourth-order valence-corrected chi connectivity index (χ4v) is 15.4. The van der Waals surface area contributed by atoms with Crippen molar-refractivity contribution >= 4 is 118 Å². The summed E-state index contributed by atoms with van der Waals surface area (Å²) < 4.78 is 19.8. The zero-order valence-electron chi connectivity index (χ0n) is 54.0. The van der Waals surface area contributed by atoms with Gasteiger partial charge < -0.3 is 28.0 Å². The van der Waals surface area contributed by atoms with E-state index in [2.05, 4.69) is 307 Å². The average Bonchev–Trinajstić information content (AvgIpc) is 0.841. The zero-order chi connectivity index (χ0) is 63.5. The third kappa shape index (κ3) is 8.78. The first-order valence-corrected chi connectivity index (χ1v) is 32.9. The van der Waals surface area contributed by atoms with Gasteiger partial charge in [-0.1, -0.05) is 183 Å². The van der Waals surface area contributed by atoms with Gasteiger partial charge >= 0.3 is 0 Å². The van der Waals surface area contributed by atoms with E-state index in [0.717, 1.165) is 118 Å². The lowest BCUT2D eigenvalue weighted by molar-refractivity contribution is 0.590. The highest BCUT2D eigenvalue weighted by atomic mass is 16.3. The van der Waals surface area contributed by atoms with Crippen LogP contribution in [0.25, 0.3) is 88.8 Å². The minimum absolute atomic E-state index is 0.0504. The standard InChI is InChI=1S/C87H68BN3O3/c1-85(2,3)60-31-38-64(39-32-60)91-74-44-33-61(86(4,5)6)49-72(74)88-71-45-59(82-48-58-20-12-16-24-79(58)94-82)30-43-73(71)90(63-36-27-55(28-37-63)81-47-57-19-11-15-23-78(57)93-81)75-51-66(52-76(91)84(75)88)89(62-34-25-54(26-35-62)80-46-56-18-10-14-22-77(56)92-80)65-40-41-68-70(50-65)87(7,8)69-42-29-53-17-9-13-21-67(53)83(68)69/h9-52H,1-8H3. The van der Waals surface area contributed by atoms with Crippen LogP contribution in [0.3, 0.4) is 0 Å². The first-order valence-electron chi connectivity index (χ1n) is 32.9. The minimum atomic E-state index is -0.293. The summed E-state index contributed by atoms with van der Waals surface area (Å²) >= 11 is 0. The maximum absolute atomic E-state index is 6.76. The van der Waals surface area contributed by atoms with E-state index in [1.54, 1.807) is 0 Å². The van der Waals surface area contributed by atoms with Crippen LogP contribution in [-0.2, 0) is 16.2 Å². The smallest absolute Gasteiger partial charge is 0.252 e. The molecule has 5 heterocycles. The molecular weight excluding hydrogens is 1150 g/mol. The second kappa shape index (κ2) is 20.5. The molecule has 6 nitrogen and oxygen atoms in total. The van der Waals surface area contributed by atoms with Crippen LogP contribution in [0, 0.1) is 0 Å². The summed E-state index contributed by atoms with van der Waals surface area (Å²) in [7, 11) is 0. The first-order chi connectivity index (χ1) is 45.6. The molecular formula is C87H68BN3O3. The Morgan fingerprint density at radius 3 is 1.39 bits per heavy atom. The second-order valence-electron chi connectivity index (χ2n) is 28.5. The Morgan fingerprint density at radius 2 is 0.830 bits per heavy atom. The van der Waals surface area contributed by atoms with Crippen LogP contribution in [0.5, 0.6) is 0 Å². The molecule has 3 aromatic heterocycles. The molecule has 2 aliphatic heterocycles. The van der Waals surface area contributed by atoms with Gasteiger partial charge in [-0.05, 0) is 211 Å². The molecule has 15 aromatic rings. The first kappa shape index (κ1) is 55.8. The molecule has 0 amide bonds. The van der Waals surface area contributed by atoms with Gasteiger partial charge in [0.1, 0.15) is 34.0 Å². The lowest BCUT2D eigenvalue weighted by atomic mass is 9.33. The molecule has 0 N–H and O–H groups in total. The lowest BCUT2D eigenvalue weighted by Crippen LogP contribution is -2.61. The summed E-state index contributed by atoms with van der Waals surface area (Å²) in [6, 6.07) is 98.5. The van der Waals surface area contributed by atoms with Crippen molar-refractivity contribution in [3.8, 4) is 45.1 Å². The van der Waals surface area contributed by atoms with Crippen LogP contribution < -0.4 is 31.1 Å². The molecule has 0 saturated carbocycles. The lowest BCUT2D eigenvalue weighted by Gasteiger charge is -2.45. The van der Waals surface area contributed by atoms with E-state index in [1.165, 1.54) is 60.5 Å². The summed E-state index contributed by atoms with van der Waals surface area (Å²) in [5.41, 5.74) is 26.3. The van der Waals surface area contributed by atoms with Crippen LogP contribution >= 0.6 is 0 Å². The van der Waals surface area contributed by atoms with E-state index in [4.69, 9.17) is 13.3 Å². The third-order valence-electron chi connectivity index (χ3n) is 20.4. The van der Waals surface area contributed by atoms with Gasteiger partial charge in [-0.25, -0.2) is 0 Å². The van der Waals surface area contributed by atoms with E-state index in [1.807, 2.05) is 30.3 Å². The number of rotatable bonds is 8. The van der Waals surface area contributed by atoms with E-state index in [9.17, 15) is 0 Å². The molecule has 0 atom stereocenters. The van der Waals surface area contributed by atoms with Crippen molar-refractivity contribution < 1.29 is 13.3 Å². The topological polar surface area (TPSA) is 49.1 Å². The quantitative estimate of drug-likeness (QED) is 0.141. The third-order valence-corrected chi connectivity index (χ3v) is 20.4. The second-order valence-corrected chi connectivity index (χ2v) is 28.5. The van der Waals surface area contributed by atoms with Gasteiger partial charge in [-0.2, -0.15) is 0 Å². The Hall–Kier alpha value is -11.0. The van der Waals surface area contributed by atoms with Gasteiger partial charge in [0.15, 0.2) is 0 Å². The molecule has 0 fully saturated rings. The van der Waals surface area contributed by atoms with Crippen LogP contribution in [0.15, 0.2) is 280 Å². The molecule has 0 saturated heterocycles. The van der Waals surface area contributed by atoms with Crippen molar-refractivity contribution in [3.63, 3.8) is 0 Å². The minimum Gasteiger partial charge on any atom is -0.456 e. The number of furan rings is 3. The number of para-hydroxylation sites is 3. The maximum atomic E-state index is 6.76. The van der Waals surface area contributed by atoms with Crippen molar-refractivity contribution in [2.24, 2.45) is 0 Å². The Labute approximate surface area is 548 Å². The number of benzene rings is 12. The van der Waals surface area contributed by atoms with E-state index < -0.39 is 0 Å². The molecule has 452 valence electrons. The average molecular weight is 1210 g/mol. The van der Waals surface area contributed by atoms with Crippen molar-refractivity contribution in [3.05, 3.63) is 289 Å².